The van der Waals surface area contributed by atoms with Crippen LogP contribution in [0.15, 0.2) is 103 Å². The van der Waals surface area contributed by atoms with Crippen LogP contribution in [0, 0.1) is 0 Å². The maximum absolute atomic E-state index is 13.3. The number of hydrogen-bond acceptors (Lipinski definition) is 13. The fourth-order valence-corrected chi connectivity index (χ4v) is 4.65. The number of nitrogens with two attached hydrogens (primary N) is 1. The first-order valence-electron chi connectivity index (χ1n) is 15.2. The molecule has 0 radical (unpaired) electrons. The molecule has 0 saturated carbocycles. The van der Waals surface area contributed by atoms with Crippen LogP contribution in [0.3, 0.4) is 0 Å². The SMILES string of the molecule is CCOC(=O)C(=CN[C@@H]1O[C@H](COC(=O)c2ccccc2)[C@@H](N)[C@H](OC(=O)c2ccccc2)[C@H]1OC(=O)c1ccccc1)C(=O)OCC. The second kappa shape index (κ2) is 17.4. The quantitative estimate of drug-likeness (QED) is 0.0900. The lowest BCUT2D eigenvalue weighted by Gasteiger charge is -2.44. The van der Waals surface area contributed by atoms with Gasteiger partial charge < -0.3 is 39.5 Å². The summed E-state index contributed by atoms with van der Waals surface area (Å²) < 4.78 is 33.4. The van der Waals surface area contributed by atoms with Crippen LogP contribution in [0.4, 0.5) is 0 Å². The van der Waals surface area contributed by atoms with Crippen LogP contribution in [-0.4, -0.2) is 80.2 Å². The zero-order chi connectivity index (χ0) is 34.5. The van der Waals surface area contributed by atoms with Crippen molar-refractivity contribution in [1.29, 1.82) is 0 Å². The van der Waals surface area contributed by atoms with Crippen molar-refractivity contribution >= 4 is 29.8 Å². The third-order valence-corrected chi connectivity index (χ3v) is 7.03. The standard InChI is InChI=1S/C35H36N2O11/c1-3-43-34(41)25(35(42)44-4-2)20-37-30-29(48-33(40)24-18-12-7-13-19-24)28(47-32(39)23-16-10-6-11-17-23)27(36)26(46-30)21-45-31(38)22-14-8-5-9-15-22/h5-20,26-30,37H,3-4,21,36H2,1-2H3/t26-,27-,28+,29-,30-/m1/s1. The number of benzene rings is 3. The summed E-state index contributed by atoms with van der Waals surface area (Å²) in [6.07, 6.45) is -4.41. The van der Waals surface area contributed by atoms with Crippen molar-refractivity contribution in [3.8, 4) is 0 Å². The third kappa shape index (κ3) is 9.27. The van der Waals surface area contributed by atoms with E-state index in [1.54, 1.807) is 80.6 Å². The molecule has 1 saturated heterocycles. The Morgan fingerprint density at radius 3 is 1.56 bits per heavy atom. The molecule has 48 heavy (non-hydrogen) atoms. The van der Waals surface area contributed by atoms with E-state index >= 15 is 0 Å². The fourth-order valence-electron chi connectivity index (χ4n) is 4.65. The predicted molar refractivity (Wildman–Crippen MR) is 169 cm³/mol. The molecule has 1 heterocycles. The fraction of sp³-hybridized carbons (Fsp3) is 0.286. The van der Waals surface area contributed by atoms with Crippen molar-refractivity contribution in [2.75, 3.05) is 19.8 Å². The number of esters is 5. The first-order valence-corrected chi connectivity index (χ1v) is 15.2. The maximum Gasteiger partial charge on any atom is 0.347 e. The Balaban J connectivity index is 1.71. The molecule has 3 aromatic carbocycles. The second-order valence-corrected chi connectivity index (χ2v) is 10.3. The van der Waals surface area contributed by atoms with Gasteiger partial charge in [-0.3, -0.25) is 0 Å². The Kier molecular flexibility index (Phi) is 12.8. The van der Waals surface area contributed by atoms with E-state index in [4.69, 9.17) is 34.2 Å². The van der Waals surface area contributed by atoms with Gasteiger partial charge in [-0.1, -0.05) is 54.6 Å². The van der Waals surface area contributed by atoms with Crippen molar-refractivity contribution in [1.82, 2.24) is 5.32 Å². The van der Waals surface area contributed by atoms with Crippen molar-refractivity contribution in [3.63, 3.8) is 0 Å². The van der Waals surface area contributed by atoms with Gasteiger partial charge in [0.05, 0.1) is 35.9 Å². The second-order valence-electron chi connectivity index (χ2n) is 10.3. The highest BCUT2D eigenvalue weighted by Crippen LogP contribution is 2.27. The molecular weight excluding hydrogens is 624 g/mol. The summed E-state index contributed by atoms with van der Waals surface area (Å²) in [4.78, 5) is 64.7. The molecule has 0 aromatic heterocycles. The average molecular weight is 661 g/mol. The van der Waals surface area contributed by atoms with E-state index in [2.05, 4.69) is 5.32 Å². The van der Waals surface area contributed by atoms with Crippen LogP contribution in [0.2, 0.25) is 0 Å². The Hall–Kier alpha value is -5.53. The van der Waals surface area contributed by atoms with Crippen LogP contribution in [-0.2, 0) is 38.0 Å². The van der Waals surface area contributed by atoms with Crippen molar-refractivity contribution in [2.45, 2.75) is 44.4 Å². The van der Waals surface area contributed by atoms with E-state index in [-0.39, 0.29) is 29.9 Å². The molecule has 5 atom stereocenters. The summed E-state index contributed by atoms with van der Waals surface area (Å²) in [6.45, 7) is 2.65. The van der Waals surface area contributed by atoms with Crippen LogP contribution >= 0.6 is 0 Å². The summed E-state index contributed by atoms with van der Waals surface area (Å²) in [6, 6.07) is 23.1. The molecule has 3 N–H and O–H groups in total. The van der Waals surface area contributed by atoms with Gasteiger partial charge in [0.25, 0.3) is 0 Å². The van der Waals surface area contributed by atoms with Gasteiger partial charge in [0, 0.05) is 6.20 Å². The Bertz CT molecular complexity index is 1560. The van der Waals surface area contributed by atoms with Crippen LogP contribution in [0.1, 0.15) is 44.9 Å². The van der Waals surface area contributed by atoms with E-state index in [0.29, 0.717) is 0 Å². The van der Waals surface area contributed by atoms with E-state index in [9.17, 15) is 24.0 Å². The molecule has 0 spiro atoms. The predicted octanol–water partition coefficient (Wildman–Crippen LogP) is 2.95. The summed E-state index contributed by atoms with van der Waals surface area (Å²) in [7, 11) is 0. The molecule has 1 aliphatic heterocycles. The molecular formula is C35H36N2O11. The van der Waals surface area contributed by atoms with E-state index in [1.165, 1.54) is 24.3 Å². The molecule has 1 fully saturated rings. The van der Waals surface area contributed by atoms with Gasteiger partial charge in [0.1, 0.15) is 12.7 Å². The highest BCUT2D eigenvalue weighted by Gasteiger charge is 2.49. The number of carbonyl (C=O) groups is 5. The molecule has 4 rings (SSSR count). The number of nitrogens with one attached hydrogen (secondary N) is 1. The minimum atomic E-state index is -1.46. The third-order valence-electron chi connectivity index (χ3n) is 7.03. The topological polar surface area (TPSA) is 179 Å². The Labute approximate surface area is 276 Å². The van der Waals surface area contributed by atoms with Crippen LogP contribution in [0.25, 0.3) is 0 Å². The Morgan fingerprint density at radius 2 is 1.10 bits per heavy atom. The van der Waals surface area contributed by atoms with E-state index < -0.39 is 72.6 Å². The van der Waals surface area contributed by atoms with Gasteiger partial charge in [-0.2, -0.15) is 0 Å². The van der Waals surface area contributed by atoms with Gasteiger partial charge in [0.2, 0.25) is 0 Å². The lowest BCUT2D eigenvalue weighted by atomic mass is 9.95. The molecule has 13 nitrogen and oxygen atoms in total. The molecule has 0 bridgehead atoms. The lowest BCUT2D eigenvalue weighted by molar-refractivity contribution is -0.194. The first-order chi connectivity index (χ1) is 23.2. The minimum Gasteiger partial charge on any atom is -0.462 e. The first kappa shape index (κ1) is 35.3. The minimum absolute atomic E-state index is 0.0337. The molecule has 0 aliphatic carbocycles. The van der Waals surface area contributed by atoms with Gasteiger partial charge in [0.15, 0.2) is 24.0 Å². The van der Waals surface area contributed by atoms with Crippen LogP contribution in [0.5, 0.6) is 0 Å². The van der Waals surface area contributed by atoms with Crippen molar-refractivity contribution < 1.29 is 52.4 Å². The molecule has 0 amide bonds. The zero-order valence-corrected chi connectivity index (χ0v) is 26.3. The van der Waals surface area contributed by atoms with Crippen LogP contribution < -0.4 is 11.1 Å². The normalized spacial score (nSPS) is 19.9. The zero-order valence-electron chi connectivity index (χ0n) is 26.3. The number of rotatable bonds is 13. The maximum atomic E-state index is 13.3. The Morgan fingerprint density at radius 1 is 0.667 bits per heavy atom. The van der Waals surface area contributed by atoms with Gasteiger partial charge >= 0.3 is 29.8 Å². The van der Waals surface area contributed by atoms with E-state index in [0.717, 1.165) is 6.20 Å². The largest absolute Gasteiger partial charge is 0.462 e. The summed E-state index contributed by atoms with van der Waals surface area (Å²) in [5.74, 6) is -4.24. The molecule has 252 valence electrons. The highest BCUT2D eigenvalue weighted by atomic mass is 16.6. The number of carbonyl (C=O) groups excluding carboxylic acids is 5. The van der Waals surface area contributed by atoms with Crippen molar-refractivity contribution in [2.24, 2.45) is 5.73 Å². The summed E-state index contributed by atoms with van der Waals surface area (Å²) in [5.41, 5.74) is 6.71. The summed E-state index contributed by atoms with van der Waals surface area (Å²) in [5, 5.41) is 2.77. The molecule has 13 heteroatoms. The summed E-state index contributed by atoms with van der Waals surface area (Å²) >= 11 is 0. The van der Waals surface area contributed by atoms with E-state index in [1.807, 2.05) is 0 Å². The van der Waals surface area contributed by atoms with Crippen molar-refractivity contribution in [3.05, 3.63) is 119 Å². The smallest absolute Gasteiger partial charge is 0.347 e. The molecule has 0 unspecified atom stereocenters. The monoisotopic (exact) mass is 660 g/mol. The highest BCUT2D eigenvalue weighted by molar-refractivity contribution is 6.14. The molecule has 1 aliphatic rings. The average Bonchev–Trinajstić information content (AvgIpc) is 3.11. The van der Waals surface area contributed by atoms with Gasteiger partial charge in [-0.05, 0) is 50.2 Å². The number of hydrogen-bond donors (Lipinski definition) is 2. The number of ether oxygens (including phenoxy) is 6. The van der Waals surface area contributed by atoms with Gasteiger partial charge in [-0.25, -0.2) is 24.0 Å². The lowest BCUT2D eigenvalue weighted by Crippen LogP contribution is -2.67. The molecule has 3 aromatic rings. The van der Waals surface area contributed by atoms with Gasteiger partial charge in [-0.15, -0.1) is 0 Å².